The molecule has 1 aliphatic rings. The Labute approximate surface area is 92.7 Å². The Bertz CT molecular complexity index is 272. The maximum atomic E-state index is 8.48. The summed E-state index contributed by atoms with van der Waals surface area (Å²) in [5.41, 5.74) is 16.7. The molecule has 1 rings (SSSR count). The number of ether oxygens (including phenoxy) is 1. The van der Waals surface area contributed by atoms with Gasteiger partial charge in [-0.25, -0.2) is 0 Å². The minimum Gasteiger partial charge on any atom is -0.394 e. The molecule has 0 fully saturated rings. The van der Waals surface area contributed by atoms with Crippen LogP contribution < -0.4 is 27.8 Å². The van der Waals surface area contributed by atoms with Crippen LogP contribution >= 0.6 is 0 Å². The molecule has 0 radical (unpaired) electrons. The van der Waals surface area contributed by atoms with Crippen molar-refractivity contribution in [2.75, 3.05) is 26.4 Å². The van der Waals surface area contributed by atoms with Crippen LogP contribution in [0, 0.1) is 0 Å². The Balaban J connectivity index is 2.36. The molecule has 0 saturated carbocycles. The number of aliphatic hydroxyl groups is 1. The number of rotatable bonds is 6. The van der Waals surface area contributed by atoms with Crippen molar-refractivity contribution in [3.8, 4) is 0 Å². The molecule has 0 aromatic heterocycles. The molecule has 0 aromatic rings. The summed E-state index contributed by atoms with van der Waals surface area (Å²) in [5.74, 6) is -1.17. The molecule has 0 unspecified atom stereocenters. The lowest BCUT2D eigenvalue weighted by Gasteiger charge is -2.26. The van der Waals surface area contributed by atoms with E-state index in [-0.39, 0.29) is 25.1 Å². The van der Waals surface area contributed by atoms with E-state index in [1.165, 1.54) is 0 Å². The molecule has 0 bridgehead atoms. The van der Waals surface area contributed by atoms with Gasteiger partial charge >= 0.3 is 0 Å². The molecule has 0 saturated heterocycles. The van der Waals surface area contributed by atoms with Gasteiger partial charge in [-0.2, -0.15) is 9.98 Å². The molecule has 16 heavy (non-hydrogen) atoms. The molecule has 0 atom stereocenters. The summed E-state index contributed by atoms with van der Waals surface area (Å²) in [6.07, 6.45) is 0. The van der Waals surface area contributed by atoms with Gasteiger partial charge in [-0.05, 0) is 0 Å². The highest BCUT2D eigenvalue weighted by atomic mass is 16.5. The van der Waals surface area contributed by atoms with E-state index in [2.05, 4.69) is 20.6 Å². The van der Waals surface area contributed by atoms with Crippen molar-refractivity contribution in [3.05, 3.63) is 0 Å². The quantitative estimate of drug-likeness (QED) is 0.203. The van der Waals surface area contributed by atoms with Gasteiger partial charge in [-0.15, -0.1) is 0 Å². The van der Waals surface area contributed by atoms with Gasteiger partial charge in [0, 0.05) is 6.54 Å². The number of nitrogens with zero attached hydrogens (tertiary/aromatic N) is 2. The standard InChI is InChI=1S/C7H17N7O2/c8-5-12-6(9)14-7(10,13-5)11-1-3-16-4-2-15/h11,15H,1-4,10H2,(H5,8,9,12,13,14). The van der Waals surface area contributed by atoms with Crippen LogP contribution in [-0.4, -0.2) is 49.3 Å². The lowest BCUT2D eigenvalue weighted by molar-refractivity contribution is 0.0898. The van der Waals surface area contributed by atoms with Crippen molar-refractivity contribution < 1.29 is 9.84 Å². The van der Waals surface area contributed by atoms with Gasteiger partial charge in [0.1, 0.15) is 0 Å². The zero-order chi connectivity index (χ0) is 12.0. The second-order valence-corrected chi connectivity index (χ2v) is 3.11. The van der Waals surface area contributed by atoms with Crippen molar-refractivity contribution in [2.24, 2.45) is 27.2 Å². The first kappa shape index (κ1) is 12.6. The van der Waals surface area contributed by atoms with Crippen LogP contribution in [0.25, 0.3) is 0 Å². The Hall–Kier alpha value is -1.42. The average Bonchev–Trinajstić information content (AvgIpc) is 2.15. The van der Waals surface area contributed by atoms with E-state index in [1.54, 1.807) is 0 Å². The first-order chi connectivity index (χ1) is 7.56. The zero-order valence-electron chi connectivity index (χ0n) is 8.81. The smallest absolute Gasteiger partial charge is 0.268 e. The summed E-state index contributed by atoms with van der Waals surface area (Å²) in [6.45, 7) is 1.04. The summed E-state index contributed by atoms with van der Waals surface area (Å²) in [4.78, 5) is 7.72. The second-order valence-electron chi connectivity index (χ2n) is 3.11. The molecule has 0 spiro atoms. The number of aliphatic hydroxyl groups excluding tert-OH is 1. The van der Waals surface area contributed by atoms with E-state index >= 15 is 0 Å². The molecular formula is C7H17N7O2. The Morgan fingerprint density at radius 1 is 1.31 bits per heavy atom. The molecule has 1 aliphatic heterocycles. The van der Waals surface area contributed by atoms with Crippen molar-refractivity contribution in [3.63, 3.8) is 0 Å². The van der Waals surface area contributed by atoms with E-state index < -0.39 is 5.91 Å². The molecule has 9 N–H and O–H groups in total. The molecule has 0 amide bonds. The van der Waals surface area contributed by atoms with Gasteiger partial charge in [0.05, 0.1) is 19.8 Å². The summed E-state index contributed by atoms with van der Waals surface area (Å²) in [5, 5.41) is 13.8. The van der Waals surface area contributed by atoms with Crippen LogP contribution in [0.3, 0.4) is 0 Å². The Morgan fingerprint density at radius 3 is 2.50 bits per heavy atom. The fourth-order valence-electron chi connectivity index (χ4n) is 1.13. The number of nitrogens with one attached hydrogen (secondary N) is 2. The van der Waals surface area contributed by atoms with E-state index in [4.69, 9.17) is 27.0 Å². The topological polar surface area (TPSA) is 156 Å². The molecule has 0 aromatic carbocycles. The zero-order valence-corrected chi connectivity index (χ0v) is 8.81. The normalized spacial score (nSPS) is 18.6. The summed E-state index contributed by atoms with van der Waals surface area (Å²) >= 11 is 0. The minimum atomic E-state index is -1.36. The Morgan fingerprint density at radius 2 is 1.94 bits per heavy atom. The number of hydrogen-bond acceptors (Lipinski definition) is 9. The van der Waals surface area contributed by atoms with Crippen molar-refractivity contribution in [1.29, 1.82) is 0 Å². The fourth-order valence-corrected chi connectivity index (χ4v) is 1.13. The van der Waals surface area contributed by atoms with E-state index in [0.29, 0.717) is 13.2 Å². The van der Waals surface area contributed by atoms with E-state index in [0.717, 1.165) is 0 Å². The van der Waals surface area contributed by atoms with E-state index in [9.17, 15) is 0 Å². The van der Waals surface area contributed by atoms with Crippen LogP contribution in [0.2, 0.25) is 0 Å². The highest BCUT2D eigenvalue weighted by Gasteiger charge is 2.26. The van der Waals surface area contributed by atoms with Gasteiger partial charge in [-0.3, -0.25) is 16.4 Å². The van der Waals surface area contributed by atoms with Crippen molar-refractivity contribution in [1.82, 2.24) is 10.6 Å². The predicted octanol–water partition coefficient (Wildman–Crippen LogP) is -3.61. The Kier molecular flexibility index (Phi) is 4.43. The lowest BCUT2D eigenvalue weighted by atomic mass is 10.5. The third-order valence-electron chi connectivity index (χ3n) is 1.71. The number of guanidine groups is 2. The molecule has 9 heteroatoms. The SMILES string of the molecule is NC1=NC(N)(NCCOCCO)N=C(N)N1. The fraction of sp³-hybridized carbons (Fsp3) is 0.714. The highest BCUT2D eigenvalue weighted by Crippen LogP contribution is 2.02. The lowest BCUT2D eigenvalue weighted by Crippen LogP contribution is -2.59. The monoisotopic (exact) mass is 231 g/mol. The number of nitrogens with two attached hydrogens (primary N) is 3. The van der Waals surface area contributed by atoms with E-state index in [1.807, 2.05) is 0 Å². The van der Waals surface area contributed by atoms with Gasteiger partial charge in [-0.1, -0.05) is 0 Å². The van der Waals surface area contributed by atoms with Crippen LogP contribution in [0.4, 0.5) is 0 Å². The first-order valence-corrected chi connectivity index (χ1v) is 4.76. The predicted molar refractivity (Wildman–Crippen MR) is 59.2 cm³/mol. The van der Waals surface area contributed by atoms with Crippen LogP contribution in [-0.2, 0) is 4.74 Å². The van der Waals surface area contributed by atoms with Crippen molar-refractivity contribution in [2.45, 2.75) is 5.91 Å². The molecule has 1 heterocycles. The largest absolute Gasteiger partial charge is 0.394 e. The number of hydrogen-bond donors (Lipinski definition) is 6. The summed E-state index contributed by atoms with van der Waals surface area (Å²) < 4.78 is 5.03. The third-order valence-corrected chi connectivity index (χ3v) is 1.71. The minimum absolute atomic E-state index is 0.0200. The van der Waals surface area contributed by atoms with Crippen LogP contribution in [0.15, 0.2) is 9.98 Å². The van der Waals surface area contributed by atoms with Crippen LogP contribution in [0.1, 0.15) is 0 Å². The molecule has 9 nitrogen and oxygen atoms in total. The molecule has 0 aliphatic carbocycles. The maximum Gasteiger partial charge on any atom is 0.268 e. The summed E-state index contributed by atoms with van der Waals surface area (Å²) in [6, 6.07) is 0. The number of aliphatic imine (C=N–C) groups is 2. The third kappa shape index (κ3) is 3.98. The van der Waals surface area contributed by atoms with Crippen molar-refractivity contribution >= 4 is 11.9 Å². The molecular weight excluding hydrogens is 214 g/mol. The molecule has 92 valence electrons. The second kappa shape index (κ2) is 5.61. The van der Waals surface area contributed by atoms with Gasteiger partial charge < -0.3 is 21.3 Å². The van der Waals surface area contributed by atoms with Crippen LogP contribution in [0.5, 0.6) is 0 Å². The van der Waals surface area contributed by atoms with Gasteiger partial charge in [0.2, 0.25) is 0 Å². The average molecular weight is 231 g/mol. The maximum absolute atomic E-state index is 8.48. The van der Waals surface area contributed by atoms with Gasteiger partial charge in [0.25, 0.3) is 5.91 Å². The van der Waals surface area contributed by atoms with Gasteiger partial charge in [0.15, 0.2) is 11.9 Å². The summed E-state index contributed by atoms with van der Waals surface area (Å²) in [7, 11) is 0. The first-order valence-electron chi connectivity index (χ1n) is 4.76. The highest BCUT2D eigenvalue weighted by molar-refractivity contribution is 5.98.